The number of aryl methyl sites for hydroxylation is 2. The second-order valence-corrected chi connectivity index (χ2v) is 7.39. The van der Waals surface area contributed by atoms with E-state index in [9.17, 15) is 0 Å². The van der Waals surface area contributed by atoms with Crippen molar-refractivity contribution in [2.24, 2.45) is 0 Å². The van der Waals surface area contributed by atoms with Gasteiger partial charge in [0, 0.05) is 48.6 Å². The highest BCUT2D eigenvalue weighted by atomic mass is 15.2. The van der Waals surface area contributed by atoms with Gasteiger partial charge in [0.15, 0.2) is 0 Å². The molecular formula is C19H27N5. The molecule has 128 valence electrons. The second-order valence-electron chi connectivity index (χ2n) is 7.39. The molecule has 0 atom stereocenters. The van der Waals surface area contributed by atoms with Crippen molar-refractivity contribution < 1.29 is 0 Å². The molecule has 4 rings (SSSR count). The highest BCUT2D eigenvalue weighted by molar-refractivity contribution is 5.22. The maximum atomic E-state index is 4.94. The number of aromatic nitrogens is 4. The summed E-state index contributed by atoms with van der Waals surface area (Å²) in [5.74, 6) is 2.75. The molecule has 5 nitrogen and oxygen atoms in total. The van der Waals surface area contributed by atoms with E-state index in [-0.39, 0.29) is 0 Å². The van der Waals surface area contributed by atoms with Crippen LogP contribution in [0.5, 0.6) is 0 Å². The molecule has 1 N–H and O–H groups in total. The van der Waals surface area contributed by atoms with Gasteiger partial charge in [0.05, 0.1) is 12.2 Å². The van der Waals surface area contributed by atoms with Crippen molar-refractivity contribution in [3.63, 3.8) is 0 Å². The third-order valence-electron chi connectivity index (χ3n) is 5.55. The van der Waals surface area contributed by atoms with Crippen LogP contribution in [0, 0.1) is 13.8 Å². The van der Waals surface area contributed by atoms with E-state index < -0.39 is 0 Å². The van der Waals surface area contributed by atoms with Crippen LogP contribution in [-0.2, 0) is 19.5 Å². The van der Waals surface area contributed by atoms with E-state index in [0.29, 0.717) is 5.92 Å². The van der Waals surface area contributed by atoms with Gasteiger partial charge in [-0.15, -0.1) is 0 Å². The number of aromatic amines is 1. The summed E-state index contributed by atoms with van der Waals surface area (Å²) >= 11 is 0. The van der Waals surface area contributed by atoms with Gasteiger partial charge in [-0.25, -0.2) is 15.0 Å². The zero-order valence-corrected chi connectivity index (χ0v) is 14.8. The van der Waals surface area contributed by atoms with Crippen molar-refractivity contribution in [2.45, 2.75) is 71.4 Å². The number of nitrogens with zero attached hydrogens (tertiary/aromatic N) is 4. The van der Waals surface area contributed by atoms with Crippen LogP contribution < -0.4 is 0 Å². The topological polar surface area (TPSA) is 57.7 Å². The fraction of sp³-hybridized carbons (Fsp3) is 0.632. The summed E-state index contributed by atoms with van der Waals surface area (Å²) in [4.78, 5) is 20.1. The molecule has 24 heavy (non-hydrogen) atoms. The van der Waals surface area contributed by atoms with E-state index in [2.05, 4.69) is 34.9 Å². The minimum absolute atomic E-state index is 0.594. The van der Waals surface area contributed by atoms with Crippen molar-refractivity contribution in [2.75, 3.05) is 6.54 Å². The number of hydrogen-bond acceptors (Lipinski definition) is 4. The first kappa shape index (κ1) is 15.8. The van der Waals surface area contributed by atoms with Crippen LogP contribution in [0.1, 0.15) is 72.3 Å². The fourth-order valence-corrected chi connectivity index (χ4v) is 3.99. The zero-order valence-electron chi connectivity index (χ0n) is 14.8. The van der Waals surface area contributed by atoms with Crippen molar-refractivity contribution >= 4 is 0 Å². The summed E-state index contributed by atoms with van der Waals surface area (Å²) in [5.41, 5.74) is 4.83. The Balaban J connectivity index is 1.45. The lowest BCUT2D eigenvalue weighted by Crippen LogP contribution is -2.31. The van der Waals surface area contributed by atoms with E-state index in [4.69, 9.17) is 9.97 Å². The van der Waals surface area contributed by atoms with Crippen LogP contribution in [0.15, 0.2) is 6.20 Å². The SMILES string of the molecule is Cc1nc(CN2CCc3nc(C4CCCCC4)ncc3C2)[nH]c1C. The summed E-state index contributed by atoms with van der Waals surface area (Å²) in [6, 6.07) is 0. The second kappa shape index (κ2) is 6.63. The maximum absolute atomic E-state index is 4.94. The smallest absolute Gasteiger partial charge is 0.131 e. The molecule has 1 fully saturated rings. The first-order valence-corrected chi connectivity index (χ1v) is 9.28. The Labute approximate surface area is 143 Å². The molecule has 0 bridgehead atoms. The van der Waals surface area contributed by atoms with Crippen LogP contribution in [0.2, 0.25) is 0 Å². The van der Waals surface area contributed by atoms with E-state index in [1.54, 1.807) is 0 Å². The first-order chi connectivity index (χ1) is 11.7. The Hall–Kier alpha value is -1.75. The normalized spacial score (nSPS) is 19.4. The van der Waals surface area contributed by atoms with Gasteiger partial charge in [-0.3, -0.25) is 4.90 Å². The van der Waals surface area contributed by atoms with E-state index in [1.807, 2.05) is 0 Å². The molecule has 0 amide bonds. The number of nitrogens with one attached hydrogen (secondary N) is 1. The third-order valence-corrected chi connectivity index (χ3v) is 5.55. The van der Waals surface area contributed by atoms with Gasteiger partial charge in [-0.2, -0.15) is 0 Å². The highest BCUT2D eigenvalue weighted by Crippen LogP contribution is 2.31. The quantitative estimate of drug-likeness (QED) is 0.939. The number of H-pyrrole nitrogens is 1. The Kier molecular flexibility index (Phi) is 4.35. The average molecular weight is 325 g/mol. The summed E-state index contributed by atoms with van der Waals surface area (Å²) < 4.78 is 0. The number of imidazole rings is 1. The Bertz CT molecular complexity index is 695. The van der Waals surface area contributed by atoms with Gasteiger partial charge in [0.25, 0.3) is 0 Å². The predicted molar refractivity (Wildman–Crippen MR) is 93.7 cm³/mol. The number of rotatable bonds is 3. The maximum Gasteiger partial charge on any atom is 0.131 e. The van der Waals surface area contributed by atoms with E-state index >= 15 is 0 Å². The van der Waals surface area contributed by atoms with Crippen molar-refractivity contribution in [3.05, 3.63) is 40.5 Å². The standard InChI is InChI=1S/C19H27N5/c1-13-14(2)22-18(21-13)12-24-9-8-17-16(11-24)10-20-19(23-17)15-6-4-3-5-7-15/h10,15H,3-9,11-12H2,1-2H3,(H,21,22). The molecule has 2 aromatic rings. The molecule has 2 aliphatic rings. The number of fused-ring (bicyclic) bond motifs is 1. The largest absolute Gasteiger partial charge is 0.345 e. The van der Waals surface area contributed by atoms with Gasteiger partial charge in [0.1, 0.15) is 11.6 Å². The molecule has 5 heteroatoms. The third kappa shape index (κ3) is 3.22. The van der Waals surface area contributed by atoms with Crippen LogP contribution in [0.25, 0.3) is 0 Å². The minimum Gasteiger partial charge on any atom is -0.345 e. The molecule has 0 spiro atoms. The van der Waals surface area contributed by atoms with Gasteiger partial charge < -0.3 is 4.98 Å². The lowest BCUT2D eigenvalue weighted by Gasteiger charge is -2.28. The van der Waals surface area contributed by atoms with Gasteiger partial charge in [-0.1, -0.05) is 19.3 Å². The average Bonchev–Trinajstić information content (AvgIpc) is 2.92. The van der Waals surface area contributed by atoms with Crippen molar-refractivity contribution in [3.8, 4) is 0 Å². The summed E-state index contributed by atoms with van der Waals surface area (Å²) in [5, 5.41) is 0. The first-order valence-electron chi connectivity index (χ1n) is 9.28. The molecular weight excluding hydrogens is 298 g/mol. The molecule has 0 radical (unpaired) electrons. The summed E-state index contributed by atoms with van der Waals surface area (Å²) in [6.45, 7) is 6.99. The van der Waals surface area contributed by atoms with Crippen LogP contribution in [-0.4, -0.2) is 31.4 Å². The number of hydrogen-bond donors (Lipinski definition) is 1. The molecule has 0 unspecified atom stereocenters. The van der Waals surface area contributed by atoms with Crippen molar-refractivity contribution in [1.29, 1.82) is 0 Å². The fourth-order valence-electron chi connectivity index (χ4n) is 3.99. The van der Waals surface area contributed by atoms with Crippen LogP contribution in [0.3, 0.4) is 0 Å². The Morgan fingerprint density at radius 1 is 1.17 bits per heavy atom. The molecule has 1 aliphatic heterocycles. The van der Waals surface area contributed by atoms with E-state index in [1.165, 1.54) is 49.1 Å². The van der Waals surface area contributed by atoms with Gasteiger partial charge in [0.2, 0.25) is 0 Å². The summed E-state index contributed by atoms with van der Waals surface area (Å²) in [7, 11) is 0. The molecule has 0 saturated heterocycles. The molecule has 1 saturated carbocycles. The van der Waals surface area contributed by atoms with Crippen molar-refractivity contribution in [1.82, 2.24) is 24.8 Å². The highest BCUT2D eigenvalue weighted by Gasteiger charge is 2.23. The van der Waals surface area contributed by atoms with E-state index in [0.717, 1.165) is 43.4 Å². The molecule has 1 aliphatic carbocycles. The molecule has 2 aromatic heterocycles. The molecule has 3 heterocycles. The monoisotopic (exact) mass is 325 g/mol. The predicted octanol–water partition coefficient (Wildman–Crippen LogP) is 3.42. The summed E-state index contributed by atoms with van der Waals surface area (Å²) in [6.07, 6.45) is 9.68. The van der Waals surface area contributed by atoms with Crippen LogP contribution in [0.4, 0.5) is 0 Å². The van der Waals surface area contributed by atoms with Gasteiger partial charge in [-0.05, 0) is 26.7 Å². The molecule has 0 aromatic carbocycles. The lowest BCUT2D eigenvalue weighted by atomic mass is 9.88. The van der Waals surface area contributed by atoms with Crippen LogP contribution >= 0.6 is 0 Å². The Morgan fingerprint density at radius 3 is 2.75 bits per heavy atom. The zero-order chi connectivity index (χ0) is 16.5. The van der Waals surface area contributed by atoms with Gasteiger partial charge >= 0.3 is 0 Å². The lowest BCUT2D eigenvalue weighted by molar-refractivity contribution is 0.237. The Morgan fingerprint density at radius 2 is 2.00 bits per heavy atom. The minimum atomic E-state index is 0.594.